The lowest BCUT2D eigenvalue weighted by molar-refractivity contribution is -0.123. The van der Waals surface area contributed by atoms with Crippen LogP contribution in [0.1, 0.15) is 12.5 Å². The van der Waals surface area contributed by atoms with Gasteiger partial charge in [0.15, 0.2) is 18.1 Å². The van der Waals surface area contributed by atoms with Crippen LogP contribution in [0, 0.1) is 0 Å². The number of ether oxygens (including phenoxy) is 2. The molecule has 1 amide bonds. The summed E-state index contributed by atoms with van der Waals surface area (Å²) in [4.78, 5) is 12.0. The van der Waals surface area contributed by atoms with Gasteiger partial charge in [0.1, 0.15) is 5.75 Å². The number of nitrogens with one attached hydrogen (secondary N) is 1. The Balaban J connectivity index is 1.57. The lowest BCUT2D eigenvalue weighted by Gasteiger charge is -2.09. The summed E-state index contributed by atoms with van der Waals surface area (Å²) in [5, 5.41) is 15.7. The second-order valence-electron chi connectivity index (χ2n) is 5.84. The van der Waals surface area contributed by atoms with Crippen molar-refractivity contribution in [2.45, 2.75) is 6.92 Å². The van der Waals surface area contributed by atoms with Crippen LogP contribution in [0.15, 0.2) is 64.2 Å². The zero-order valence-corrected chi connectivity index (χ0v) is 16.8. The van der Waals surface area contributed by atoms with Gasteiger partial charge >= 0.3 is 0 Å². The average molecular weight is 443 g/mol. The molecule has 0 spiro atoms. The van der Waals surface area contributed by atoms with Gasteiger partial charge in [0.05, 0.1) is 17.3 Å². The number of rotatable bonds is 7. The van der Waals surface area contributed by atoms with E-state index in [1.165, 1.54) is 12.3 Å². The number of fused-ring (bicyclic) bond motifs is 1. The fourth-order valence-corrected chi connectivity index (χ4v) is 3.17. The van der Waals surface area contributed by atoms with Crippen molar-refractivity contribution in [1.82, 2.24) is 5.43 Å². The topological polar surface area (TPSA) is 80.2 Å². The first-order chi connectivity index (χ1) is 13.6. The van der Waals surface area contributed by atoms with Crippen molar-refractivity contribution in [2.75, 3.05) is 13.2 Å². The Morgan fingerprint density at radius 2 is 1.96 bits per heavy atom. The SMILES string of the molecule is CCOc1cc(C=NNC(=O)COc2ccc3ccccc3c2Br)ccc1O. The van der Waals surface area contributed by atoms with E-state index in [1.807, 2.05) is 43.3 Å². The fraction of sp³-hybridized carbons (Fsp3) is 0.143. The summed E-state index contributed by atoms with van der Waals surface area (Å²) in [7, 11) is 0. The lowest BCUT2D eigenvalue weighted by Crippen LogP contribution is -2.24. The molecule has 2 N–H and O–H groups in total. The number of phenolic OH excluding ortho intramolecular Hbond substituents is 1. The molecule has 0 heterocycles. The lowest BCUT2D eigenvalue weighted by atomic mass is 10.1. The standard InChI is InChI=1S/C21H19BrN2O4/c1-2-27-19-11-14(7-9-17(19)25)12-23-24-20(26)13-28-18-10-8-15-5-3-4-6-16(15)21(18)22/h3-12,25H,2,13H2,1H3,(H,24,26). The number of hydrogen-bond donors (Lipinski definition) is 2. The minimum Gasteiger partial charge on any atom is -0.504 e. The molecule has 3 aromatic carbocycles. The van der Waals surface area contributed by atoms with Crippen molar-refractivity contribution < 1.29 is 19.4 Å². The molecule has 0 radical (unpaired) electrons. The molecule has 6 nitrogen and oxygen atoms in total. The number of carbonyl (C=O) groups is 1. The molecule has 0 aromatic heterocycles. The monoisotopic (exact) mass is 442 g/mol. The quantitative estimate of drug-likeness (QED) is 0.423. The Labute approximate surface area is 170 Å². The number of carbonyl (C=O) groups excluding carboxylic acids is 1. The van der Waals surface area contributed by atoms with E-state index in [1.54, 1.807) is 12.1 Å². The number of aromatic hydroxyl groups is 1. The summed E-state index contributed by atoms with van der Waals surface area (Å²) in [6, 6.07) is 16.4. The first-order valence-electron chi connectivity index (χ1n) is 8.66. The highest BCUT2D eigenvalue weighted by atomic mass is 79.9. The first kappa shape index (κ1) is 19.7. The summed E-state index contributed by atoms with van der Waals surface area (Å²) < 4.78 is 11.7. The van der Waals surface area contributed by atoms with E-state index in [4.69, 9.17) is 9.47 Å². The molecule has 3 rings (SSSR count). The molecular weight excluding hydrogens is 424 g/mol. The van der Waals surface area contributed by atoms with Gasteiger partial charge in [0, 0.05) is 0 Å². The van der Waals surface area contributed by atoms with Crippen molar-refractivity contribution in [2.24, 2.45) is 5.10 Å². The predicted octanol–water partition coefficient (Wildman–Crippen LogP) is 4.24. The zero-order chi connectivity index (χ0) is 19.9. The van der Waals surface area contributed by atoms with E-state index in [2.05, 4.69) is 26.5 Å². The highest BCUT2D eigenvalue weighted by molar-refractivity contribution is 9.10. The fourth-order valence-electron chi connectivity index (χ4n) is 2.56. The molecule has 0 aliphatic rings. The van der Waals surface area contributed by atoms with Crippen molar-refractivity contribution in [3.05, 3.63) is 64.6 Å². The number of amides is 1. The second-order valence-corrected chi connectivity index (χ2v) is 6.63. The van der Waals surface area contributed by atoms with Crippen LogP contribution >= 0.6 is 15.9 Å². The van der Waals surface area contributed by atoms with Gasteiger partial charge < -0.3 is 14.6 Å². The van der Waals surface area contributed by atoms with Crippen LogP contribution in [-0.2, 0) is 4.79 Å². The Kier molecular flexibility index (Phi) is 6.49. The van der Waals surface area contributed by atoms with Crippen LogP contribution in [0.2, 0.25) is 0 Å². The summed E-state index contributed by atoms with van der Waals surface area (Å²) in [5.74, 6) is 0.609. The highest BCUT2D eigenvalue weighted by Crippen LogP contribution is 2.33. The van der Waals surface area contributed by atoms with Gasteiger partial charge in [-0.25, -0.2) is 5.43 Å². The number of benzene rings is 3. The van der Waals surface area contributed by atoms with Crippen LogP contribution in [-0.4, -0.2) is 30.4 Å². The molecule has 0 aliphatic carbocycles. The maximum absolute atomic E-state index is 12.0. The smallest absolute Gasteiger partial charge is 0.277 e. The molecule has 0 bridgehead atoms. The summed E-state index contributed by atoms with van der Waals surface area (Å²) in [6.45, 7) is 2.09. The molecule has 0 fully saturated rings. The van der Waals surface area contributed by atoms with E-state index in [0.717, 1.165) is 15.2 Å². The summed E-state index contributed by atoms with van der Waals surface area (Å²) >= 11 is 3.52. The largest absolute Gasteiger partial charge is 0.504 e. The van der Waals surface area contributed by atoms with Crippen molar-refractivity contribution >= 4 is 38.8 Å². The van der Waals surface area contributed by atoms with E-state index >= 15 is 0 Å². The van der Waals surface area contributed by atoms with Gasteiger partial charge in [-0.15, -0.1) is 0 Å². The highest BCUT2D eigenvalue weighted by Gasteiger charge is 2.08. The third-order valence-corrected chi connectivity index (χ3v) is 4.69. The molecule has 0 aliphatic heterocycles. The van der Waals surface area contributed by atoms with E-state index in [0.29, 0.717) is 23.7 Å². The molecule has 0 saturated carbocycles. The number of hydrazone groups is 1. The normalized spacial score (nSPS) is 10.9. The van der Waals surface area contributed by atoms with Gasteiger partial charge in [-0.05, 0) is 63.5 Å². The van der Waals surface area contributed by atoms with Crippen molar-refractivity contribution in [3.8, 4) is 17.2 Å². The van der Waals surface area contributed by atoms with Crippen LogP contribution in [0.4, 0.5) is 0 Å². The Bertz CT molecular complexity index is 1020. The van der Waals surface area contributed by atoms with Crippen molar-refractivity contribution in [3.63, 3.8) is 0 Å². The van der Waals surface area contributed by atoms with Gasteiger partial charge in [-0.3, -0.25) is 4.79 Å². The summed E-state index contributed by atoms with van der Waals surface area (Å²) in [5.41, 5.74) is 3.09. The third kappa shape index (κ3) is 4.80. The third-order valence-electron chi connectivity index (χ3n) is 3.87. The number of nitrogens with zero attached hydrogens (tertiary/aromatic N) is 1. The van der Waals surface area contributed by atoms with Crippen LogP contribution in [0.5, 0.6) is 17.2 Å². The number of hydrogen-bond acceptors (Lipinski definition) is 5. The van der Waals surface area contributed by atoms with Crippen molar-refractivity contribution in [1.29, 1.82) is 0 Å². The molecule has 0 unspecified atom stereocenters. The minimum atomic E-state index is -0.389. The van der Waals surface area contributed by atoms with E-state index < -0.39 is 0 Å². The molecular formula is C21H19BrN2O4. The summed E-state index contributed by atoms with van der Waals surface area (Å²) in [6.07, 6.45) is 1.46. The van der Waals surface area contributed by atoms with Gasteiger partial charge in [-0.1, -0.05) is 30.3 Å². The molecule has 28 heavy (non-hydrogen) atoms. The zero-order valence-electron chi connectivity index (χ0n) is 15.2. The molecule has 0 atom stereocenters. The van der Waals surface area contributed by atoms with Gasteiger partial charge in [0.2, 0.25) is 0 Å². The maximum atomic E-state index is 12.0. The average Bonchev–Trinajstić information content (AvgIpc) is 2.70. The Morgan fingerprint density at radius 3 is 2.79 bits per heavy atom. The molecule has 7 heteroatoms. The minimum absolute atomic E-state index is 0.0531. The predicted molar refractivity (Wildman–Crippen MR) is 112 cm³/mol. The van der Waals surface area contributed by atoms with Gasteiger partial charge in [0.25, 0.3) is 5.91 Å². The van der Waals surface area contributed by atoms with E-state index in [9.17, 15) is 9.90 Å². The Morgan fingerprint density at radius 1 is 1.14 bits per heavy atom. The van der Waals surface area contributed by atoms with E-state index in [-0.39, 0.29) is 18.3 Å². The maximum Gasteiger partial charge on any atom is 0.277 e. The molecule has 144 valence electrons. The Hall–Kier alpha value is -3.06. The molecule has 0 saturated heterocycles. The number of halogens is 1. The van der Waals surface area contributed by atoms with Crippen LogP contribution < -0.4 is 14.9 Å². The number of phenols is 1. The van der Waals surface area contributed by atoms with Gasteiger partial charge in [-0.2, -0.15) is 5.10 Å². The van der Waals surface area contributed by atoms with Crippen LogP contribution in [0.3, 0.4) is 0 Å². The second kappa shape index (κ2) is 9.23. The van der Waals surface area contributed by atoms with Crippen LogP contribution in [0.25, 0.3) is 10.8 Å². The molecule has 3 aromatic rings. The first-order valence-corrected chi connectivity index (χ1v) is 9.45.